The minimum absolute atomic E-state index is 0. The van der Waals surface area contributed by atoms with E-state index in [0.717, 1.165) is 36.2 Å². The van der Waals surface area contributed by atoms with E-state index in [2.05, 4.69) is 48.0 Å². The van der Waals surface area contributed by atoms with Gasteiger partial charge in [0, 0.05) is 17.0 Å². The van der Waals surface area contributed by atoms with Crippen molar-refractivity contribution in [2.24, 2.45) is 0 Å². The molecule has 1 aromatic heterocycles. The molecule has 128 valence electrons. The average molecular weight is 338 g/mol. The number of aryl methyl sites for hydroxylation is 1. The summed E-state index contributed by atoms with van der Waals surface area (Å²) in [6.07, 6.45) is 7.10. The molecule has 1 fully saturated rings. The second-order valence-corrected chi connectivity index (χ2v) is 6.30. The van der Waals surface area contributed by atoms with Gasteiger partial charge in [0.05, 0.1) is 11.7 Å². The van der Waals surface area contributed by atoms with E-state index >= 15 is 0 Å². The number of fused-ring (bicyclic) bond motifs is 1. The van der Waals surface area contributed by atoms with E-state index in [-0.39, 0.29) is 12.4 Å². The summed E-state index contributed by atoms with van der Waals surface area (Å²) in [6.45, 7) is 8.90. The van der Waals surface area contributed by atoms with Gasteiger partial charge in [0.2, 0.25) is 0 Å². The van der Waals surface area contributed by atoms with Crippen LogP contribution in [-0.2, 0) is 0 Å². The van der Waals surface area contributed by atoms with Gasteiger partial charge in [-0.1, -0.05) is 13.8 Å². The Balaban J connectivity index is 0.00000192. The van der Waals surface area contributed by atoms with Gasteiger partial charge in [-0.3, -0.25) is 5.10 Å². The van der Waals surface area contributed by atoms with Crippen LogP contribution in [0.3, 0.4) is 0 Å². The van der Waals surface area contributed by atoms with Gasteiger partial charge in [-0.2, -0.15) is 5.10 Å². The Kier molecular flexibility index (Phi) is 6.31. The maximum Gasteiger partial charge on any atom is 0.123 e. The molecule has 23 heavy (non-hydrogen) atoms. The van der Waals surface area contributed by atoms with Crippen molar-refractivity contribution in [1.29, 1.82) is 0 Å². The van der Waals surface area contributed by atoms with Gasteiger partial charge in [-0.25, -0.2) is 0 Å². The first-order valence-electron chi connectivity index (χ1n) is 8.56. The molecule has 5 heteroatoms. The first-order valence-corrected chi connectivity index (χ1v) is 8.56. The van der Waals surface area contributed by atoms with Crippen LogP contribution in [0.25, 0.3) is 10.9 Å². The van der Waals surface area contributed by atoms with Crippen molar-refractivity contribution in [3.05, 3.63) is 23.9 Å². The number of ether oxygens (including phenoxy) is 1. The number of H-pyrrole nitrogens is 1. The third-order valence-electron chi connectivity index (χ3n) is 5.06. The summed E-state index contributed by atoms with van der Waals surface area (Å²) < 4.78 is 6.36. The van der Waals surface area contributed by atoms with E-state index in [1.165, 1.54) is 24.8 Å². The second kappa shape index (κ2) is 8.02. The van der Waals surface area contributed by atoms with Crippen molar-refractivity contribution >= 4 is 23.3 Å². The topological polar surface area (TPSA) is 41.1 Å². The highest BCUT2D eigenvalue weighted by atomic mass is 35.5. The van der Waals surface area contributed by atoms with E-state index in [0.29, 0.717) is 12.1 Å². The molecule has 3 rings (SSSR count). The Morgan fingerprint density at radius 1 is 1.26 bits per heavy atom. The Labute approximate surface area is 145 Å². The Morgan fingerprint density at radius 2 is 2.04 bits per heavy atom. The molecule has 0 aliphatic heterocycles. The fourth-order valence-electron chi connectivity index (χ4n) is 3.74. The number of hydrogen-bond donors (Lipinski definition) is 1. The zero-order valence-corrected chi connectivity index (χ0v) is 15.2. The van der Waals surface area contributed by atoms with Crippen molar-refractivity contribution in [3.63, 3.8) is 0 Å². The van der Waals surface area contributed by atoms with E-state index in [4.69, 9.17) is 4.74 Å². The molecule has 1 N–H and O–H groups in total. The lowest BCUT2D eigenvalue weighted by molar-refractivity contribution is 0.0814. The Bertz CT molecular complexity index is 624. The molecule has 1 aromatic carbocycles. The van der Waals surface area contributed by atoms with Gasteiger partial charge in [0.15, 0.2) is 0 Å². The van der Waals surface area contributed by atoms with Gasteiger partial charge in [-0.05, 0) is 57.8 Å². The van der Waals surface area contributed by atoms with Crippen LogP contribution in [0.4, 0.5) is 0 Å². The lowest BCUT2D eigenvalue weighted by Gasteiger charge is -2.36. The van der Waals surface area contributed by atoms with Crippen LogP contribution < -0.4 is 4.74 Å². The number of nitrogens with one attached hydrogen (secondary N) is 1. The molecule has 2 aromatic rings. The predicted octanol–water partition coefficient (Wildman–Crippen LogP) is 4.32. The number of rotatable bonds is 5. The molecule has 2 atom stereocenters. The van der Waals surface area contributed by atoms with Gasteiger partial charge >= 0.3 is 0 Å². The third-order valence-corrected chi connectivity index (χ3v) is 5.06. The molecular formula is C18H28ClN3O. The van der Waals surface area contributed by atoms with Crippen LogP contribution in [0, 0.1) is 6.92 Å². The van der Waals surface area contributed by atoms with Crippen molar-refractivity contribution in [2.45, 2.75) is 58.6 Å². The van der Waals surface area contributed by atoms with Gasteiger partial charge < -0.3 is 9.64 Å². The number of nitrogens with zero attached hydrogens (tertiary/aromatic N) is 2. The fourth-order valence-corrected chi connectivity index (χ4v) is 3.74. The standard InChI is InChI=1S/C18H27N3O.ClH/c1-4-21(5-2)14-7-6-8-15(11-14)22-18-10-9-17-16(13(18)3)12-19-20-17;/h9-10,12,14-15H,4-8,11H2,1-3H3,(H,19,20);1H/t14-,15-;/m0./s1. The molecule has 0 unspecified atom stereocenters. The van der Waals surface area contributed by atoms with Crippen LogP contribution >= 0.6 is 12.4 Å². The van der Waals surface area contributed by atoms with E-state index in [9.17, 15) is 0 Å². The van der Waals surface area contributed by atoms with Crippen molar-refractivity contribution < 1.29 is 4.74 Å². The summed E-state index contributed by atoms with van der Waals surface area (Å²) in [5, 5.41) is 8.30. The zero-order valence-electron chi connectivity index (χ0n) is 14.3. The normalized spacial score (nSPS) is 21.4. The van der Waals surface area contributed by atoms with Crippen LogP contribution in [0.5, 0.6) is 5.75 Å². The largest absolute Gasteiger partial charge is 0.490 e. The van der Waals surface area contributed by atoms with Gasteiger partial charge in [0.1, 0.15) is 11.9 Å². The first-order chi connectivity index (χ1) is 10.7. The molecule has 0 amide bonds. The molecule has 1 saturated carbocycles. The minimum atomic E-state index is 0. The van der Waals surface area contributed by atoms with Crippen LogP contribution in [0.1, 0.15) is 45.1 Å². The highest BCUT2D eigenvalue weighted by Gasteiger charge is 2.26. The van der Waals surface area contributed by atoms with Crippen molar-refractivity contribution in [1.82, 2.24) is 15.1 Å². The smallest absolute Gasteiger partial charge is 0.123 e. The number of aromatic amines is 1. The van der Waals surface area contributed by atoms with Gasteiger partial charge in [-0.15, -0.1) is 12.4 Å². The summed E-state index contributed by atoms with van der Waals surface area (Å²) in [5.41, 5.74) is 2.27. The first kappa shape index (κ1) is 18.1. The SMILES string of the molecule is CCN(CC)[C@H]1CCC[C@H](Oc2ccc3[nH]ncc3c2C)C1.Cl. The quantitative estimate of drug-likeness (QED) is 0.883. The zero-order chi connectivity index (χ0) is 15.5. The monoisotopic (exact) mass is 337 g/mol. The number of hydrogen-bond acceptors (Lipinski definition) is 3. The van der Waals surface area contributed by atoms with Crippen LogP contribution in [-0.4, -0.2) is 40.3 Å². The second-order valence-electron chi connectivity index (χ2n) is 6.30. The highest BCUT2D eigenvalue weighted by Crippen LogP contribution is 2.31. The molecule has 1 heterocycles. The highest BCUT2D eigenvalue weighted by molar-refractivity contribution is 5.85. The lowest BCUT2D eigenvalue weighted by atomic mass is 9.91. The van der Waals surface area contributed by atoms with Crippen LogP contribution in [0.15, 0.2) is 18.3 Å². The molecule has 1 aliphatic rings. The predicted molar refractivity (Wildman–Crippen MR) is 97.7 cm³/mol. The molecule has 0 radical (unpaired) electrons. The molecule has 0 spiro atoms. The Morgan fingerprint density at radius 3 is 2.78 bits per heavy atom. The number of benzene rings is 1. The maximum absolute atomic E-state index is 6.36. The molecule has 0 saturated heterocycles. The summed E-state index contributed by atoms with van der Waals surface area (Å²) in [4.78, 5) is 2.57. The maximum atomic E-state index is 6.36. The third kappa shape index (κ3) is 3.81. The van der Waals surface area contributed by atoms with Crippen LogP contribution in [0.2, 0.25) is 0 Å². The van der Waals surface area contributed by atoms with Crippen molar-refractivity contribution in [2.75, 3.05) is 13.1 Å². The number of halogens is 1. The fraction of sp³-hybridized carbons (Fsp3) is 0.611. The summed E-state index contributed by atoms with van der Waals surface area (Å²) in [6, 6.07) is 4.82. The van der Waals surface area contributed by atoms with E-state index < -0.39 is 0 Å². The minimum Gasteiger partial charge on any atom is -0.490 e. The molecule has 1 aliphatic carbocycles. The lowest BCUT2D eigenvalue weighted by Crippen LogP contribution is -2.41. The van der Waals surface area contributed by atoms with Gasteiger partial charge in [0.25, 0.3) is 0 Å². The number of aromatic nitrogens is 2. The van der Waals surface area contributed by atoms with E-state index in [1.54, 1.807) is 0 Å². The summed E-state index contributed by atoms with van der Waals surface area (Å²) in [5.74, 6) is 1.01. The summed E-state index contributed by atoms with van der Waals surface area (Å²) in [7, 11) is 0. The van der Waals surface area contributed by atoms with Crippen molar-refractivity contribution in [3.8, 4) is 5.75 Å². The molecular weight excluding hydrogens is 310 g/mol. The average Bonchev–Trinajstić information content (AvgIpc) is 3.01. The molecule has 0 bridgehead atoms. The molecule has 4 nitrogen and oxygen atoms in total. The Hall–Kier alpha value is -1.26. The van der Waals surface area contributed by atoms with E-state index in [1.807, 2.05) is 6.20 Å². The summed E-state index contributed by atoms with van der Waals surface area (Å²) >= 11 is 0.